The van der Waals surface area contributed by atoms with Crippen LogP contribution in [-0.4, -0.2) is 12.8 Å². The minimum absolute atomic E-state index is 0.801. The first-order chi connectivity index (χ1) is 13.4. The second-order valence-corrected chi connectivity index (χ2v) is 6.94. The first-order valence-electron chi connectivity index (χ1n) is 10.1. The Morgan fingerprint density at radius 1 is 0.778 bits per heavy atom. The second-order valence-electron chi connectivity index (χ2n) is 6.94. The van der Waals surface area contributed by atoms with Crippen LogP contribution in [0.4, 0.5) is 5.69 Å². The number of benzene rings is 3. The molecule has 0 N–H and O–H groups in total. The summed E-state index contributed by atoms with van der Waals surface area (Å²) in [7, 11) is 0. The smallest absolute Gasteiger partial charge is 0.119 e. The first-order valence-corrected chi connectivity index (χ1v) is 10.1. The summed E-state index contributed by atoms with van der Waals surface area (Å²) in [5, 5.41) is 2.39. The van der Waals surface area contributed by atoms with Gasteiger partial charge in [0.15, 0.2) is 0 Å². The highest BCUT2D eigenvalue weighted by Crippen LogP contribution is 2.25. The quantitative estimate of drug-likeness (QED) is 0.274. The maximum absolute atomic E-state index is 5.84. The highest BCUT2D eigenvalue weighted by molar-refractivity contribution is 5.95. The molecule has 0 aromatic heterocycles. The Bertz CT molecular complexity index is 846. The molecular weight excluding hydrogens is 330 g/mol. The van der Waals surface area contributed by atoms with Crippen LogP contribution < -0.4 is 4.74 Å². The van der Waals surface area contributed by atoms with Gasteiger partial charge >= 0.3 is 0 Å². The molecular formula is C25H29NO. The third-order valence-corrected chi connectivity index (χ3v) is 4.77. The number of unbranched alkanes of at least 4 members (excludes halogenated alkanes) is 5. The van der Waals surface area contributed by atoms with Crippen molar-refractivity contribution >= 4 is 22.7 Å². The maximum atomic E-state index is 5.84. The van der Waals surface area contributed by atoms with Crippen molar-refractivity contribution in [2.45, 2.75) is 45.4 Å². The van der Waals surface area contributed by atoms with E-state index in [1.807, 2.05) is 24.4 Å². The monoisotopic (exact) mass is 359 g/mol. The lowest BCUT2D eigenvalue weighted by Crippen LogP contribution is -1.97. The number of fused-ring (bicyclic) bond motifs is 1. The predicted molar refractivity (Wildman–Crippen MR) is 117 cm³/mol. The molecule has 0 aliphatic heterocycles. The van der Waals surface area contributed by atoms with Crippen LogP contribution in [0.1, 0.15) is 51.0 Å². The molecule has 2 heteroatoms. The molecule has 3 aromatic rings. The Hall–Kier alpha value is -2.61. The maximum Gasteiger partial charge on any atom is 0.119 e. The molecule has 0 heterocycles. The average Bonchev–Trinajstić information content (AvgIpc) is 2.72. The summed E-state index contributed by atoms with van der Waals surface area (Å²) < 4.78 is 5.84. The molecule has 0 fully saturated rings. The summed E-state index contributed by atoms with van der Waals surface area (Å²) in [6.45, 7) is 3.05. The molecule has 0 spiro atoms. The van der Waals surface area contributed by atoms with E-state index in [1.165, 1.54) is 42.9 Å². The van der Waals surface area contributed by atoms with Crippen LogP contribution in [0.5, 0.6) is 5.75 Å². The van der Waals surface area contributed by atoms with Gasteiger partial charge in [-0.3, -0.25) is 4.99 Å². The molecule has 3 rings (SSSR count). The highest BCUT2D eigenvalue weighted by atomic mass is 16.5. The molecule has 0 saturated carbocycles. The number of hydrogen-bond acceptors (Lipinski definition) is 2. The molecule has 27 heavy (non-hydrogen) atoms. The topological polar surface area (TPSA) is 21.6 Å². The third kappa shape index (κ3) is 5.96. The molecule has 0 radical (unpaired) electrons. The number of aliphatic imine (C=N–C) groups is 1. The Morgan fingerprint density at radius 3 is 2.37 bits per heavy atom. The van der Waals surface area contributed by atoms with E-state index in [0.29, 0.717) is 0 Å². The van der Waals surface area contributed by atoms with Crippen molar-refractivity contribution < 1.29 is 4.74 Å². The standard InChI is InChI=1S/C25H29NO/c1-2-3-4-5-6-9-19-27-23-17-15-21(16-18-23)20-26-25-14-10-12-22-11-7-8-13-24(22)25/h7-8,10-18,20H,2-6,9,19H2,1H3. The van der Waals surface area contributed by atoms with E-state index >= 15 is 0 Å². The zero-order valence-corrected chi connectivity index (χ0v) is 16.2. The summed E-state index contributed by atoms with van der Waals surface area (Å²) in [6, 6.07) is 22.7. The third-order valence-electron chi connectivity index (χ3n) is 4.77. The van der Waals surface area contributed by atoms with Crippen LogP contribution in [0.25, 0.3) is 10.8 Å². The number of nitrogens with zero attached hydrogens (tertiary/aromatic N) is 1. The minimum atomic E-state index is 0.801. The van der Waals surface area contributed by atoms with Gasteiger partial charge in [0.2, 0.25) is 0 Å². The average molecular weight is 360 g/mol. The second kappa shape index (κ2) is 10.5. The van der Waals surface area contributed by atoms with Crippen LogP contribution in [-0.2, 0) is 0 Å². The van der Waals surface area contributed by atoms with E-state index in [0.717, 1.165) is 30.0 Å². The van der Waals surface area contributed by atoms with Gasteiger partial charge in [-0.1, -0.05) is 75.4 Å². The summed E-state index contributed by atoms with van der Waals surface area (Å²) in [5.74, 6) is 0.936. The van der Waals surface area contributed by atoms with Crippen molar-refractivity contribution in [1.29, 1.82) is 0 Å². The summed E-state index contributed by atoms with van der Waals surface area (Å²) in [6.07, 6.45) is 9.63. The van der Waals surface area contributed by atoms with Crippen LogP contribution >= 0.6 is 0 Å². The largest absolute Gasteiger partial charge is 0.494 e. The Kier molecular flexibility index (Phi) is 7.46. The van der Waals surface area contributed by atoms with Gasteiger partial charge < -0.3 is 4.74 Å². The van der Waals surface area contributed by atoms with Gasteiger partial charge in [0.05, 0.1) is 12.3 Å². The van der Waals surface area contributed by atoms with Gasteiger partial charge in [-0.05, 0) is 47.7 Å². The van der Waals surface area contributed by atoms with Crippen molar-refractivity contribution in [1.82, 2.24) is 0 Å². The summed E-state index contributed by atoms with van der Waals surface area (Å²) in [4.78, 5) is 4.68. The van der Waals surface area contributed by atoms with Crippen LogP contribution in [0.2, 0.25) is 0 Å². The van der Waals surface area contributed by atoms with Crippen molar-refractivity contribution in [2.24, 2.45) is 4.99 Å². The van der Waals surface area contributed by atoms with Gasteiger partial charge in [-0.2, -0.15) is 0 Å². The molecule has 0 aliphatic rings. The van der Waals surface area contributed by atoms with Crippen LogP contribution in [0.3, 0.4) is 0 Å². The van der Waals surface area contributed by atoms with Crippen molar-refractivity contribution in [3.8, 4) is 5.75 Å². The fourth-order valence-electron chi connectivity index (χ4n) is 3.19. The van der Waals surface area contributed by atoms with E-state index in [1.54, 1.807) is 0 Å². The van der Waals surface area contributed by atoms with E-state index in [-0.39, 0.29) is 0 Å². The first kappa shape index (κ1) is 19.2. The number of rotatable bonds is 10. The van der Waals surface area contributed by atoms with E-state index < -0.39 is 0 Å². The highest BCUT2D eigenvalue weighted by Gasteiger charge is 1.98. The molecule has 0 bridgehead atoms. The van der Waals surface area contributed by atoms with E-state index in [4.69, 9.17) is 4.74 Å². The SMILES string of the molecule is CCCCCCCCOc1ccc(C=Nc2cccc3ccccc23)cc1. The zero-order chi connectivity index (χ0) is 18.7. The molecule has 2 nitrogen and oxygen atoms in total. The number of ether oxygens (including phenoxy) is 1. The Balaban J connectivity index is 1.51. The molecule has 0 aliphatic carbocycles. The normalized spacial score (nSPS) is 11.3. The predicted octanol–water partition coefficient (Wildman–Crippen LogP) is 7.33. The van der Waals surface area contributed by atoms with Crippen molar-refractivity contribution in [2.75, 3.05) is 6.61 Å². The van der Waals surface area contributed by atoms with Gasteiger partial charge in [-0.15, -0.1) is 0 Å². The molecule has 0 saturated heterocycles. The van der Waals surface area contributed by atoms with Crippen molar-refractivity contribution in [3.05, 3.63) is 72.3 Å². The fraction of sp³-hybridized carbons (Fsp3) is 0.320. The van der Waals surface area contributed by atoms with Gasteiger partial charge in [0.25, 0.3) is 0 Å². The molecule has 0 atom stereocenters. The molecule has 0 unspecified atom stereocenters. The lowest BCUT2D eigenvalue weighted by molar-refractivity contribution is 0.304. The van der Waals surface area contributed by atoms with Crippen LogP contribution in [0, 0.1) is 0 Å². The van der Waals surface area contributed by atoms with Crippen molar-refractivity contribution in [3.63, 3.8) is 0 Å². The Labute approximate surface area is 162 Å². The lowest BCUT2D eigenvalue weighted by Gasteiger charge is -2.06. The van der Waals surface area contributed by atoms with Gasteiger partial charge in [0, 0.05) is 11.6 Å². The minimum Gasteiger partial charge on any atom is -0.494 e. The molecule has 3 aromatic carbocycles. The van der Waals surface area contributed by atoms with Gasteiger partial charge in [-0.25, -0.2) is 0 Å². The summed E-state index contributed by atoms with van der Waals surface area (Å²) in [5.41, 5.74) is 2.08. The fourth-order valence-corrected chi connectivity index (χ4v) is 3.19. The molecule has 0 amide bonds. The lowest BCUT2D eigenvalue weighted by atomic mass is 10.1. The zero-order valence-electron chi connectivity index (χ0n) is 16.2. The molecule has 140 valence electrons. The Morgan fingerprint density at radius 2 is 1.52 bits per heavy atom. The van der Waals surface area contributed by atoms with E-state index in [2.05, 4.69) is 60.4 Å². The van der Waals surface area contributed by atoms with Crippen LogP contribution in [0.15, 0.2) is 71.7 Å². The van der Waals surface area contributed by atoms with E-state index in [9.17, 15) is 0 Å². The number of hydrogen-bond donors (Lipinski definition) is 0. The summed E-state index contributed by atoms with van der Waals surface area (Å²) >= 11 is 0. The van der Waals surface area contributed by atoms with Gasteiger partial charge in [0.1, 0.15) is 5.75 Å².